The molecule has 0 saturated heterocycles. The summed E-state index contributed by atoms with van der Waals surface area (Å²) in [6, 6.07) is 13.3. The van der Waals surface area contributed by atoms with Crippen LogP contribution in [0.2, 0.25) is 0 Å². The molecule has 2 aromatic carbocycles. The predicted molar refractivity (Wildman–Crippen MR) is 125 cm³/mol. The van der Waals surface area contributed by atoms with E-state index in [1.165, 1.54) is 11.9 Å². The Morgan fingerprint density at radius 1 is 1.12 bits per heavy atom. The lowest BCUT2D eigenvalue weighted by atomic mass is 10.1. The van der Waals surface area contributed by atoms with E-state index in [-0.39, 0.29) is 12.5 Å². The summed E-state index contributed by atoms with van der Waals surface area (Å²) >= 11 is 0. The fourth-order valence-electron chi connectivity index (χ4n) is 3.29. The van der Waals surface area contributed by atoms with E-state index in [1.807, 2.05) is 38.1 Å². The molecule has 0 aliphatic rings. The molecule has 2 aromatic rings. The Balaban J connectivity index is 2.35. The smallest absolute Gasteiger partial charge is 0.244 e. The summed E-state index contributed by atoms with van der Waals surface area (Å²) in [7, 11) is -2.26. The van der Waals surface area contributed by atoms with Gasteiger partial charge in [-0.3, -0.25) is 13.9 Å². The molecule has 1 atom stereocenters. The third-order valence-electron chi connectivity index (χ3n) is 4.96. The summed E-state index contributed by atoms with van der Waals surface area (Å²) in [5.74, 6) is -0.217. The molecular formula is C23H31N3O5S. The second-order valence-electron chi connectivity index (χ2n) is 7.50. The van der Waals surface area contributed by atoms with E-state index in [9.17, 15) is 18.0 Å². The first-order chi connectivity index (χ1) is 15.1. The maximum Gasteiger partial charge on any atom is 0.244 e. The van der Waals surface area contributed by atoms with Gasteiger partial charge in [-0.15, -0.1) is 0 Å². The highest BCUT2D eigenvalue weighted by molar-refractivity contribution is 7.92. The van der Waals surface area contributed by atoms with E-state index in [4.69, 9.17) is 4.74 Å². The number of carbonyl (C=O) groups excluding carboxylic acids is 2. The summed E-state index contributed by atoms with van der Waals surface area (Å²) in [5.41, 5.74) is 2.21. The minimum atomic E-state index is -3.76. The minimum Gasteiger partial charge on any atom is -0.494 e. The molecule has 1 N–H and O–H groups in total. The average Bonchev–Trinajstić information content (AvgIpc) is 2.75. The van der Waals surface area contributed by atoms with Gasteiger partial charge in [-0.25, -0.2) is 8.42 Å². The Labute approximate surface area is 190 Å². The van der Waals surface area contributed by atoms with Crippen molar-refractivity contribution in [3.63, 3.8) is 0 Å². The fraction of sp³-hybridized carbons (Fsp3) is 0.391. The van der Waals surface area contributed by atoms with Gasteiger partial charge in [0.1, 0.15) is 18.3 Å². The van der Waals surface area contributed by atoms with Gasteiger partial charge in [0, 0.05) is 13.6 Å². The minimum absolute atomic E-state index is 0.177. The SMILES string of the molecule is CCOc1ccc(N(CC(=O)N(Cc2cccc(C)c2)C(C)C(=O)NC)S(C)(=O)=O)cc1. The molecule has 0 heterocycles. The van der Waals surface area contributed by atoms with Crippen molar-refractivity contribution in [2.45, 2.75) is 33.4 Å². The maximum atomic E-state index is 13.3. The third kappa shape index (κ3) is 6.71. The molecule has 0 fully saturated rings. The van der Waals surface area contributed by atoms with Gasteiger partial charge in [-0.05, 0) is 50.6 Å². The van der Waals surface area contributed by atoms with Crippen LogP contribution in [0.3, 0.4) is 0 Å². The van der Waals surface area contributed by atoms with Crippen LogP contribution >= 0.6 is 0 Å². The van der Waals surface area contributed by atoms with Crippen LogP contribution in [0.1, 0.15) is 25.0 Å². The molecule has 9 heteroatoms. The number of rotatable bonds is 10. The molecule has 8 nitrogen and oxygen atoms in total. The van der Waals surface area contributed by atoms with Crippen molar-refractivity contribution in [2.24, 2.45) is 0 Å². The molecule has 174 valence electrons. The normalized spacial score (nSPS) is 12.0. The number of hydrogen-bond donors (Lipinski definition) is 1. The summed E-state index contributed by atoms with van der Waals surface area (Å²) < 4.78 is 31.5. The number of sulfonamides is 1. The van der Waals surface area contributed by atoms with E-state index in [2.05, 4.69) is 5.32 Å². The van der Waals surface area contributed by atoms with E-state index >= 15 is 0 Å². The van der Waals surface area contributed by atoms with Crippen molar-refractivity contribution in [3.8, 4) is 5.75 Å². The molecule has 0 bridgehead atoms. The zero-order chi connectivity index (χ0) is 23.9. The zero-order valence-electron chi connectivity index (χ0n) is 19.2. The van der Waals surface area contributed by atoms with Crippen molar-refractivity contribution < 1.29 is 22.7 Å². The second kappa shape index (κ2) is 11.0. The van der Waals surface area contributed by atoms with Gasteiger partial charge in [0.25, 0.3) is 0 Å². The van der Waals surface area contributed by atoms with Crippen LogP contribution in [-0.4, -0.2) is 57.6 Å². The van der Waals surface area contributed by atoms with Crippen molar-refractivity contribution in [3.05, 3.63) is 59.7 Å². The van der Waals surface area contributed by atoms with Crippen LogP contribution < -0.4 is 14.4 Å². The van der Waals surface area contributed by atoms with E-state index in [0.29, 0.717) is 18.0 Å². The fourth-order valence-corrected chi connectivity index (χ4v) is 4.14. The topological polar surface area (TPSA) is 96.0 Å². The first-order valence-electron chi connectivity index (χ1n) is 10.3. The summed E-state index contributed by atoms with van der Waals surface area (Å²) in [6.07, 6.45) is 1.05. The Kier molecular flexibility index (Phi) is 8.65. The van der Waals surface area contributed by atoms with Crippen LogP contribution in [-0.2, 0) is 26.2 Å². The zero-order valence-corrected chi connectivity index (χ0v) is 20.0. The van der Waals surface area contributed by atoms with Crippen LogP contribution in [0.4, 0.5) is 5.69 Å². The molecule has 0 saturated carbocycles. The first-order valence-corrected chi connectivity index (χ1v) is 12.2. The number of hydrogen-bond acceptors (Lipinski definition) is 5. The van der Waals surface area contributed by atoms with Gasteiger partial charge in [-0.2, -0.15) is 0 Å². The Hall–Kier alpha value is -3.07. The highest BCUT2D eigenvalue weighted by Crippen LogP contribution is 2.22. The highest BCUT2D eigenvalue weighted by atomic mass is 32.2. The van der Waals surface area contributed by atoms with Gasteiger partial charge in [0.2, 0.25) is 21.8 Å². The molecular weight excluding hydrogens is 430 g/mol. The van der Waals surface area contributed by atoms with Crippen LogP contribution in [0.5, 0.6) is 5.75 Å². The largest absolute Gasteiger partial charge is 0.494 e. The number of ether oxygens (including phenoxy) is 1. The lowest BCUT2D eigenvalue weighted by Gasteiger charge is -2.31. The molecule has 0 aliphatic heterocycles. The summed E-state index contributed by atoms with van der Waals surface area (Å²) in [6.45, 7) is 5.64. The van der Waals surface area contributed by atoms with Crippen LogP contribution in [0, 0.1) is 6.92 Å². The summed E-state index contributed by atoms with van der Waals surface area (Å²) in [4.78, 5) is 27.0. The Morgan fingerprint density at radius 2 is 1.78 bits per heavy atom. The number of benzene rings is 2. The average molecular weight is 462 g/mol. The number of nitrogens with zero attached hydrogens (tertiary/aromatic N) is 2. The number of likely N-dealkylation sites (N-methyl/N-ethyl adjacent to an activating group) is 1. The number of aryl methyl sites for hydroxylation is 1. The van der Waals surface area contributed by atoms with Gasteiger partial charge >= 0.3 is 0 Å². The molecule has 0 aromatic heterocycles. The van der Waals surface area contributed by atoms with Gasteiger partial charge in [0.15, 0.2) is 0 Å². The number of anilines is 1. The van der Waals surface area contributed by atoms with Gasteiger partial charge in [-0.1, -0.05) is 29.8 Å². The highest BCUT2D eigenvalue weighted by Gasteiger charge is 2.29. The predicted octanol–water partition coefficient (Wildman–Crippen LogP) is 2.32. The number of nitrogens with one attached hydrogen (secondary N) is 1. The molecule has 32 heavy (non-hydrogen) atoms. The molecule has 2 rings (SSSR count). The number of carbonyl (C=O) groups is 2. The van der Waals surface area contributed by atoms with Crippen molar-refractivity contribution in [2.75, 3.05) is 30.8 Å². The maximum absolute atomic E-state index is 13.3. The quantitative estimate of drug-likeness (QED) is 0.586. The lowest BCUT2D eigenvalue weighted by molar-refractivity contribution is -0.139. The second-order valence-corrected chi connectivity index (χ2v) is 9.40. The Morgan fingerprint density at radius 3 is 2.31 bits per heavy atom. The lowest BCUT2D eigenvalue weighted by Crippen LogP contribution is -2.50. The molecule has 1 unspecified atom stereocenters. The Bertz CT molecular complexity index is 1040. The van der Waals surface area contributed by atoms with Crippen molar-refractivity contribution in [1.29, 1.82) is 0 Å². The molecule has 0 aliphatic carbocycles. The molecule has 0 radical (unpaired) electrons. The molecule has 2 amide bonds. The van der Waals surface area contributed by atoms with Crippen molar-refractivity contribution in [1.82, 2.24) is 10.2 Å². The third-order valence-corrected chi connectivity index (χ3v) is 6.10. The van der Waals surface area contributed by atoms with E-state index in [0.717, 1.165) is 21.7 Å². The van der Waals surface area contributed by atoms with E-state index < -0.39 is 28.5 Å². The van der Waals surface area contributed by atoms with Gasteiger partial charge in [0.05, 0.1) is 18.6 Å². The van der Waals surface area contributed by atoms with Crippen LogP contribution in [0.25, 0.3) is 0 Å². The van der Waals surface area contributed by atoms with E-state index in [1.54, 1.807) is 31.2 Å². The monoisotopic (exact) mass is 461 g/mol. The van der Waals surface area contributed by atoms with Gasteiger partial charge < -0.3 is 15.0 Å². The van der Waals surface area contributed by atoms with Crippen LogP contribution in [0.15, 0.2) is 48.5 Å². The molecule has 0 spiro atoms. The summed E-state index contributed by atoms with van der Waals surface area (Å²) in [5, 5.41) is 2.55. The number of amides is 2. The standard InChI is InChI=1S/C23H31N3O5S/c1-6-31-21-12-10-20(11-13-21)26(32(5,29)30)16-22(27)25(18(3)23(28)24-4)15-19-9-7-8-17(2)14-19/h7-14,18H,6,15-16H2,1-5H3,(H,24,28). The first kappa shape index (κ1) is 25.2. The van der Waals surface area contributed by atoms with Crippen molar-refractivity contribution >= 4 is 27.5 Å².